The van der Waals surface area contributed by atoms with Crippen LogP contribution in [0.2, 0.25) is 0 Å². The summed E-state index contributed by atoms with van der Waals surface area (Å²) in [6.07, 6.45) is 3.72. The molecule has 1 aromatic rings. The summed E-state index contributed by atoms with van der Waals surface area (Å²) in [7, 11) is -3.21. The number of piperidine rings is 1. The van der Waals surface area contributed by atoms with E-state index in [1.807, 2.05) is 0 Å². The molecule has 0 unspecified atom stereocenters. The topological polar surface area (TPSA) is 121 Å². The number of hydrogen-bond acceptors (Lipinski definition) is 8. The van der Waals surface area contributed by atoms with Gasteiger partial charge in [0.1, 0.15) is 0 Å². The highest BCUT2D eigenvalue weighted by Crippen LogP contribution is 2.27. The number of hydrogen-bond donors (Lipinski definition) is 2. The van der Waals surface area contributed by atoms with E-state index >= 15 is 0 Å². The van der Waals surface area contributed by atoms with E-state index < -0.39 is 10.0 Å². The Morgan fingerprint density at radius 1 is 1.38 bits per heavy atom. The Morgan fingerprint density at radius 3 is 2.69 bits per heavy atom. The lowest BCUT2D eigenvalue weighted by molar-refractivity contribution is -0.121. The minimum atomic E-state index is -3.21. The Bertz CT molecular complexity index is 756. The van der Waals surface area contributed by atoms with Gasteiger partial charge in [0.05, 0.1) is 12.0 Å². The lowest BCUT2D eigenvalue weighted by atomic mass is 9.97. The largest absolute Gasteiger partial charge is 0.352 e. The highest BCUT2D eigenvalue weighted by molar-refractivity contribution is 8.01. The SMILES string of the molecule is C=CCNC(=O)CSc1nnc(NC(=O)C2CCN(S(C)(=O)=O)CC2)s1. The Hall–Kier alpha value is -1.50. The molecule has 12 heteroatoms. The van der Waals surface area contributed by atoms with Crippen LogP contribution in [0.5, 0.6) is 0 Å². The van der Waals surface area contributed by atoms with Crippen molar-refractivity contribution >= 4 is 50.1 Å². The third kappa shape index (κ3) is 6.34. The molecule has 1 aliphatic rings. The van der Waals surface area contributed by atoms with Crippen molar-refractivity contribution in [3.05, 3.63) is 12.7 Å². The molecular weight excluding hydrogens is 398 g/mol. The van der Waals surface area contributed by atoms with Gasteiger partial charge in [-0.1, -0.05) is 29.2 Å². The maximum Gasteiger partial charge on any atom is 0.230 e. The number of nitrogens with one attached hydrogen (secondary N) is 2. The molecule has 144 valence electrons. The van der Waals surface area contributed by atoms with Gasteiger partial charge in [-0.2, -0.15) is 0 Å². The molecule has 0 aliphatic carbocycles. The van der Waals surface area contributed by atoms with Crippen molar-refractivity contribution in [2.75, 3.05) is 37.0 Å². The standard InChI is InChI=1S/C14H21N5O4S3/c1-3-6-15-11(20)9-24-14-18-17-13(25-14)16-12(21)10-4-7-19(8-5-10)26(2,22)23/h3,10H,1,4-9H2,2H3,(H,15,20)(H,16,17,21). The van der Waals surface area contributed by atoms with Crippen LogP contribution in [0.3, 0.4) is 0 Å². The smallest absolute Gasteiger partial charge is 0.230 e. The van der Waals surface area contributed by atoms with Crippen LogP contribution in [-0.4, -0.2) is 66.4 Å². The molecule has 0 atom stereocenters. The second-order valence-corrected chi connectivity index (χ2v) is 9.86. The lowest BCUT2D eigenvalue weighted by Gasteiger charge is -2.29. The number of aromatic nitrogens is 2. The predicted octanol–water partition coefficient (Wildman–Crippen LogP) is 0.542. The first-order chi connectivity index (χ1) is 12.3. The van der Waals surface area contributed by atoms with E-state index in [4.69, 9.17) is 0 Å². The van der Waals surface area contributed by atoms with Crippen LogP contribution in [0.15, 0.2) is 17.0 Å². The molecule has 1 aliphatic heterocycles. The van der Waals surface area contributed by atoms with Gasteiger partial charge in [0, 0.05) is 25.6 Å². The van der Waals surface area contributed by atoms with Crippen LogP contribution in [0.1, 0.15) is 12.8 Å². The fraction of sp³-hybridized carbons (Fsp3) is 0.571. The second-order valence-electron chi connectivity index (χ2n) is 5.68. The number of anilines is 1. The van der Waals surface area contributed by atoms with Gasteiger partial charge in [-0.3, -0.25) is 9.59 Å². The van der Waals surface area contributed by atoms with Gasteiger partial charge in [-0.15, -0.1) is 16.8 Å². The predicted molar refractivity (Wildman–Crippen MR) is 102 cm³/mol. The monoisotopic (exact) mass is 419 g/mol. The van der Waals surface area contributed by atoms with Crippen LogP contribution < -0.4 is 10.6 Å². The van der Waals surface area contributed by atoms with E-state index in [0.29, 0.717) is 41.9 Å². The van der Waals surface area contributed by atoms with E-state index in [1.54, 1.807) is 6.08 Å². The maximum absolute atomic E-state index is 12.3. The molecule has 0 bridgehead atoms. The summed E-state index contributed by atoms with van der Waals surface area (Å²) < 4.78 is 25.0. The zero-order chi connectivity index (χ0) is 19.2. The number of nitrogens with zero attached hydrogens (tertiary/aromatic N) is 3. The highest BCUT2D eigenvalue weighted by atomic mass is 32.2. The molecule has 0 aromatic carbocycles. The van der Waals surface area contributed by atoms with Crippen LogP contribution in [-0.2, 0) is 19.6 Å². The first-order valence-electron chi connectivity index (χ1n) is 7.89. The Morgan fingerprint density at radius 2 is 2.08 bits per heavy atom. The third-order valence-electron chi connectivity index (χ3n) is 3.70. The molecular formula is C14H21N5O4S3. The number of carbonyl (C=O) groups excluding carboxylic acids is 2. The van der Waals surface area contributed by atoms with E-state index in [2.05, 4.69) is 27.4 Å². The van der Waals surface area contributed by atoms with E-state index in [9.17, 15) is 18.0 Å². The number of sulfonamides is 1. The van der Waals surface area contributed by atoms with Gasteiger partial charge in [-0.25, -0.2) is 12.7 Å². The minimum absolute atomic E-state index is 0.131. The van der Waals surface area contributed by atoms with E-state index in [0.717, 1.165) is 0 Å². The van der Waals surface area contributed by atoms with Crippen molar-refractivity contribution in [2.45, 2.75) is 17.2 Å². The molecule has 0 saturated carbocycles. The van der Waals surface area contributed by atoms with Gasteiger partial charge in [0.15, 0.2) is 4.34 Å². The Kier molecular flexibility index (Phi) is 7.55. The van der Waals surface area contributed by atoms with Gasteiger partial charge < -0.3 is 10.6 Å². The van der Waals surface area contributed by atoms with Crippen molar-refractivity contribution in [2.24, 2.45) is 5.92 Å². The van der Waals surface area contributed by atoms with Gasteiger partial charge in [0.25, 0.3) is 0 Å². The van der Waals surface area contributed by atoms with Crippen molar-refractivity contribution in [3.63, 3.8) is 0 Å². The van der Waals surface area contributed by atoms with Gasteiger partial charge in [-0.05, 0) is 12.8 Å². The number of rotatable bonds is 8. The van der Waals surface area contributed by atoms with E-state index in [-0.39, 0.29) is 23.5 Å². The molecule has 2 rings (SSSR count). The van der Waals surface area contributed by atoms with Crippen LogP contribution in [0.25, 0.3) is 0 Å². The molecule has 2 amide bonds. The summed E-state index contributed by atoms with van der Waals surface area (Å²) in [6.45, 7) is 4.62. The number of amides is 2. The van der Waals surface area contributed by atoms with E-state index in [1.165, 1.54) is 33.7 Å². The lowest BCUT2D eigenvalue weighted by Crippen LogP contribution is -2.40. The number of thioether (sulfide) groups is 1. The minimum Gasteiger partial charge on any atom is -0.352 e. The molecule has 0 spiro atoms. The van der Waals surface area contributed by atoms with Gasteiger partial charge in [0.2, 0.25) is 27.0 Å². The summed E-state index contributed by atoms with van der Waals surface area (Å²) in [5.41, 5.74) is 0. The van der Waals surface area contributed by atoms with Gasteiger partial charge >= 0.3 is 0 Å². The average molecular weight is 420 g/mol. The fourth-order valence-electron chi connectivity index (χ4n) is 2.34. The summed E-state index contributed by atoms with van der Waals surface area (Å²) in [4.78, 5) is 23.8. The second kappa shape index (κ2) is 9.44. The molecule has 26 heavy (non-hydrogen) atoms. The zero-order valence-corrected chi connectivity index (χ0v) is 16.8. The van der Waals surface area contributed by atoms with Crippen LogP contribution >= 0.6 is 23.1 Å². The summed E-state index contributed by atoms with van der Waals surface area (Å²) >= 11 is 2.44. The molecule has 2 heterocycles. The summed E-state index contributed by atoms with van der Waals surface area (Å²) in [5.74, 6) is -0.360. The fourth-order valence-corrected chi connectivity index (χ4v) is 4.80. The molecule has 1 saturated heterocycles. The highest BCUT2D eigenvalue weighted by Gasteiger charge is 2.29. The van der Waals surface area contributed by atoms with Crippen LogP contribution in [0, 0.1) is 5.92 Å². The Balaban J connectivity index is 1.79. The summed E-state index contributed by atoms with van der Waals surface area (Å²) in [6, 6.07) is 0. The Labute approximate surface area is 160 Å². The quantitative estimate of drug-likeness (QED) is 0.358. The molecule has 0 radical (unpaired) electrons. The van der Waals surface area contributed by atoms with Crippen molar-refractivity contribution < 1.29 is 18.0 Å². The molecule has 1 aromatic heterocycles. The third-order valence-corrected chi connectivity index (χ3v) is 6.98. The summed E-state index contributed by atoms with van der Waals surface area (Å²) in [5, 5.41) is 13.6. The first-order valence-corrected chi connectivity index (χ1v) is 11.5. The van der Waals surface area contributed by atoms with Crippen LogP contribution in [0.4, 0.5) is 5.13 Å². The van der Waals surface area contributed by atoms with Crippen molar-refractivity contribution in [1.82, 2.24) is 19.8 Å². The molecule has 1 fully saturated rings. The normalized spacial score (nSPS) is 16.2. The number of carbonyl (C=O) groups is 2. The van der Waals surface area contributed by atoms with Crippen molar-refractivity contribution in [3.8, 4) is 0 Å². The first kappa shape index (κ1) is 20.8. The zero-order valence-electron chi connectivity index (χ0n) is 14.3. The van der Waals surface area contributed by atoms with Crippen molar-refractivity contribution in [1.29, 1.82) is 0 Å². The average Bonchev–Trinajstić information content (AvgIpc) is 3.05. The molecule has 2 N–H and O–H groups in total. The molecule has 9 nitrogen and oxygen atoms in total. The maximum atomic E-state index is 12.3.